The summed E-state index contributed by atoms with van der Waals surface area (Å²) < 4.78 is 0. The van der Waals surface area contributed by atoms with Crippen LogP contribution in [0.5, 0.6) is 0 Å². The summed E-state index contributed by atoms with van der Waals surface area (Å²) in [6.45, 7) is 2.29. The van der Waals surface area contributed by atoms with E-state index in [1.54, 1.807) is 6.20 Å². The number of likely N-dealkylation sites (tertiary alicyclic amines) is 1. The molecule has 1 aromatic heterocycles. The molecule has 82 valence electrons. The van der Waals surface area contributed by atoms with Crippen LogP contribution in [0, 0.1) is 0 Å². The van der Waals surface area contributed by atoms with Crippen LogP contribution in [-0.4, -0.2) is 34.2 Å². The van der Waals surface area contributed by atoms with E-state index in [1.165, 1.54) is 18.4 Å². The second-order valence-electron chi connectivity index (χ2n) is 4.16. The van der Waals surface area contributed by atoms with Crippen molar-refractivity contribution >= 4 is 0 Å². The van der Waals surface area contributed by atoms with Crippen LogP contribution in [0.4, 0.5) is 0 Å². The van der Waals surface area contributed by atoms with Gasteiger partial charge in [-0.1, -0.05) is 12.5 Å². The Balaban J connectivity index is 1.97. The molecule has 2 rings (SSSR count). The zero-order valence-corrected chi connectivity index (χ0v) is 8.97. The lowest BCUT2D eigenvalue weighted by atomic mass is 10.0. The Hall–Kier alpha value is -0.930. The number of aliphatic hydroxyl groups excluding tert-OH is 1. The maximum atomic E-state index is 9.28. The normalized spacial score (nSPS) is 22.9. The van der Waals surface area contributed by atoms with Gasteiger partial charge in [-0.3, -0.25) is 9.88 Å². The lowest BCUT2D eigenvalue weighted by Gasteiger charge is -2.34. The van der Waals surface area contributed by atoms with E-state index < -0.39 is 0 Å². The summed E-state index contributed by atoms with van der Waals surface area (Å²) in [4.78, 5) is 6.47. The summed E-state index contributed by atoms with van der Waals surface area (Å²) in [6, 6.07) is 4.41. The minimum atomic E-state index is 0.278. The molecule has 0 aromatic carbocycles. The van der Waals surface area contributed by atoms with Crippen LogP contribution in [0.3, 0.4) is 0 Å². The molecule has 0 unspecified atom stereocenters. The number of pyridine rings is 1. The third kappa shape index (κ3) is 2.76. The summed E-state index contributed by atoms with van der Waals surface area (Å²) in [5.74, 6) is 0. The predicted octanol–water partition coefficient (Wildman–Crippen LogP) is 1.43. The van der Waals surface area contributed by atoms with Crippen LogP contribution in [0.25, 0.3) is 0 Å². The monoisotopic (exact) mass is 206 g/mol. The second kappa shape index (κ2) is 5.24. The summed E-state index contributed by atoms with van der Waals surface area (Å²) in [5.41, 5.74) is 1.23. The predicted molar refractivity (Wildman–Crippen MR) is 59.4 cm³/mol. The first-order chi connectivity index (χ1) is 7.40. The van der Waals surface area contributed by atoms with Gasteiger partial charge in [-0.05, 0) is 31.0 Å². The number of nitrogens with zero attached hydrogens (tertiary/aromatic N) is 2. The molecule has 3 heteroatoms. The number of aliphatic hydroxyl groups is 1. The highest BCUT2D eigenvalue weighted by molar-refractivity contribution is 5.08. The van der Waals surface area contributed by atoms with Gasteiger partial charge in [0, 0.05) is 25.0 Å². The molecule has 0 amide bonds. The average Bonchev–Trinajstić information content (AvgIpc) is 2.31. The van der Waals surface area contributed by atoms with E-state index in [4.69, 9.17) is 0 Å². The average molecular weight is 206 g/mol. The first-order valence-corrected chi connectivity index (χ1v) is 5.64. The molecular weight excluding hydrogens is 188 g/mol. The van der Waals surface area contributed by atoms with E-state index in [0.29, 0.717) is 6.04 Å². The molecule has 0 radical (unpaired) electrons. The van der Waals surface area contributed by atoms with E-state index in [1.807, 2.05) is 12.3 Å². The zero-order chi connectivity index (χ0) is 10.5. The minimum absolute atomic E-state index is 0.278. The lowest BCUT2D eigenvalue weighted by Crippen LogP contribution is -2.41. The van der Waals surface area contributed by atoms with Crippen molar-refractivity contribution < 1.29 is 5.11 Å². The van der Waals surface area contributed by atoms with Crippen LogP contribution >= 0.6 is 0 Å². The van der Waals surface area contributed by atoms with E-state index >= 15 is 0 Å². The third-order valence-corrected chi connectivity index (χ3v) is 3.07. The Morgan fingerprint density at radius 3 is 3.13 bits per heavy atom. The van der Waals surface area contributed by atoms with Gasteiger partial charge < -0.3 is 5.11 Å². The van der Waals surface area contributed by atoms with Gasteiger partial charge in [-0.2, -0.15) is 0 Å². The Morgan fingerprint density at radius 1 is 1.47 bits per heavy atom. The smallest absolute Gasteiger partial charge is 0.0586 e. The largest absolute Gasteiger partial charge is 0.395 e. The molecule has 15 heavy (non-hydrogen) atoms. The first-order valence-electron chi connectivity index (χ1n) is 5.64. The maximum Gasteiger partial charge on any atom is 0.0586 e. The highest BCUT2D eigenvalue weighted by Gasteiger charge is 2.21. The number of hydrogen-bond acceptors (Lipinski definition) is 3. The molecule has 0 spiro atoms. The van der Waals surface area contributed by atoms with Crippen molar-refractivity contribution in [1.29, 1.82) is 0 Å². The Labute approximate surface area is 90.8 Å². The van der Waals surface area contributed by atoms with E-state index in [9.17, 15) is 5.11 Å². The Bertz CT molecular complexity index is 289. The van der Waals surface area contributed by atoms with Crippen LogP contribution in [0.2, 0.25) is 0 Å². The summed E-state index contributed by atoms with van der Waals surface area (Å²) in [5, 5.41) is 9.28. The van der Waals surface area contributed by atoms with Crippen molar-refractivity contribution in [2.24, 2.45) is 0 Å². The van der Waals surface area contributed by atoms with Gasteiger partial charge in [0.25, 0.3) is 0 Å². The molecule has 0 aliphatic carbocycles. The lowest BCUT2D eigenvalue weighted by molar-refractivity contribution is 0.0840. The Morgan fingerprint density at radius 2 is 2.40 bits per heavy atom. The first kappa shape index (κ1) is 10.6. The van der Waals surface area contributed by atoms with E-state index in [2.05, 4.69) is 16.0 Å². The van der Waals surface area contributed by atoms with Crippen LogP contribution in [-0.2, 0) is 6.54 Å². The molecule has 0 bridgehead atoms. The van der Waals surface area contributed by atoms with Crippen LogP contribution < -0.4 is 0 Å². The molecular formula is C12H18N2O. The molecule has 1 N–H and O–H groups in total. The van der Waals surface area contributed by atoms with E-state index in [-0.39, 0.29) is 6.61 Å². The van der Waals surface area contributed by atoms with Crippen molar-refractivity contribution in [3.8, 4) is 0 Å². The Kier molecular flexibility index (Phi) is 3.69. The van der Waals surface area contributed by atoms with Gasteiger partial charge in [0.1, 0.15) is 0 Å². The highest BCUT2D eigenvalue weighted by atomic mass is 16.3. The molecule has 3 nitrogen and oxygen atoms in total. The molecule has 2 heterocycles. The molecule has 1 aliphatic rings. The molecule has 1 aromatic rings. The highest BCUT2D eigenvalue weighted by Crippen LogP contribution is 2.18. The van der Waals surface area contributed by atoms with Crippen molar-refractivity contribution in [1.82, 2.24) is 9.88 Å². The fourth-order valence-electron chi connectivity index (χ4n) is 2.20. The summed E-state index contributed by atoms with van der Waals surface area (Å²) >= 11 is 0. The van der Waals surface area contributed by atoms with Crippen LogP contribution in [0.15, 0.2) is 24.5 Å². The quantitative estimate of drug-likeness (QED) is 0.812. The molecule has 1 fully saturated rings. The topological polar surface area (TPSA) is 36.4 Å². The number of aromatic nitrogens is 1. The van der Waals surface area contributed by atoms with Gasteiger partial charge in [0.2, 0.25) is 0 Å². The second-order valence-corrected chi connectivity index (χ2v) is 4.16. The summed E-state index contributed by atoms with van der Waals surface area (Å²) in [7, 11) is 0. The molecule has 0 saturated carbocycles. The molecule has 1 atom stereocenters. The molecule has 1 saturated heterocycles. The standard InChI is InChI=1S/C12H18N2O/c15-10-12-5-1-2-7-14(12)9-11-4-3-6-13-8-11/h3-4,6,8,12,15H,1-2,5,7,9-10H2/t12-/m1/s1. The number of hydrogen-bond donors (Lipinski definition) is 1. The van der Waals surface area contributed by atoms with Gasteiger partial charge in [0.05, 0.1) is 6.61 Å². The summed E-state index contributed by atoms with van der Waals surface area (Å²) in [6.07, 6.45) is 7.31. The number of rotatable bonds is 3. The van der Waals surface area contributed by atoms with Crippen molar-refractivity contribution in [2.75, 3.05) is 13.2 Å². The van der Waals surface area contributed by atoms with Crippen LogP contribution in [0.1, 0.15) is 24.8 Å². The van der Waals surface area contributed by atoms with Crippen molar-refractivity contribution in [2.45, 2.75) is 31.8 Å². The number of piperidine rings is 1. The fourth-order valence-corrected chi connectivity index (χ4v) is 2.20. The maximum absolute atomic E-state index is 9.28. The van der Waals surface area contributed by atoms with Crippen molar-refractivity contribution in [3.05, 3.63) is 30.1 Å². The van der Waals surface area contributed by atoms with Gasteiger partial charge >= 0.3 is 0 Å². The third-order valence-electron chi connectivity index (χ3n) is 3.07. The van der Waals surface area contributed by atoms with E-state index in [0.717, 1.165) is 19.5 Å². The SMILES string of the molecule is OC[C@H]1CCCCN1Cc1cccnc1. The van der Waals surface area contributed by atoms with Gasteiger partial charge in [-0.25, -0.2) is 0 Å². The molecule has 1 aliphatic heterocycles. The zero-order valence-electron chi connectivity index (χ0n) is 8.97. The van der Waals surface area contributed by atoms with Gasteiger partial charge in [0.15, 0.2) is 0 Å². The minimum Gasteiger partial charge on any atom is -0.395 e. The fraction of sp³-hybridized carbons (Fsp3) is 0.583. The van der Waals surface area contributed by atoms with Gasteiger partial charge in [-0.15, -0.1) is 0 Å². The van der Waals surface area contributed by atoms with Crippen molar-refractivity contribution in [3.63, 3.8) is 0 Å².